The summed E-state index contributed by atoms with van der Waals surface area (Å²) in [6, 6.07) is 12.0. The van der Waals surface area contributed by atoms with Gasteiger partial charge in [-0.3, -0.25) is 0 Å². The van der Waals surface area contributed by atoms with E-state index in [0.29, 0.717) is 36.2 Å². The van der Waals surface area contributed by atoms with Crippen LogP contribution < -0.4 is 14.8 Å². The number of methoxy groups -OCH3 is 1. The summed E-state index contributed by atoms with van der Waals surface area (Å²) in [5, 5.41) is 3.69. The van der Waals surface area contributed by atoms with E-state index < -0.39 is 0 Å². The van der Waals surface area contributed by atoms with Gasteiger partial charge >= 0.3 is 5.97 Å². The first-order valence-electron chi connectivity index (χ1n) is 10.3. The van der Waals surface area contributed by atoms with Crippen LogP contribution in [0.3, 0.4) is 0 Å². The second-order valence-corrected chi connectivity index (χ2v) is 7.51. The zero-order valence-electron chi connectivity index (χ0n) is 17.4. The SMILES string of the molecule is C=CCOc1ccc([C@@H]2Nc3ccc(C(=O)OCC)cc3[C@@H]3C=CC[C@@H]32)cc1OC. The molecule has 0 fully saturated rings. The fraction of sp³-hybridized carbons (Fsp3) is 0.320. The lowest BCUT2D eigenvalue weighted by atomic mass is 9.76. The maximum absolute atomic E-state index is 12.2. The highest BCUT2D eigenvalue weighted by Crippen LogP contribution is 2.50. The number of hydrogen-bond acceptors (Lipinski definition) is 5. The van der Waals surface area contributed by atoms with E-state index in [9.17, 15) is 4.79 Å². The van der Waals surface area contributed by atoms with Crippen molar-refractivity contribution in [2.45, 2.75) is 25.3 Å². The third-order valence-electron chi connectivity index (χ3n) is 5.78. The van der Waals surface area contributed by atoms with Crippen molar-refractivity contribution in [2.24, 2.45) is 5.92 Å². The molecule has 0 unspecified atom stereocenters. The van der Waals surface area contributed by atoms with Gasteiger partial charge in [-0.1, -0.05) is 30.9 Å². The third-order valence-corrected chi connectivity index (χ3v) is 5.78. The highest BCUT2D eigenvalue weighted by molar-refractivity contribution is 5.90. The minimum Gasteiger partial charge on any atom is -0.493 e. The standard InChI is InChI=1S/C25H27NO4/c1-4-13-30-22-12-10-16(15-23(22)28-3)24-19-8-6-7-18(19)20-14-17(25(27)29-5-2)9-11-21(20)26-24/h4,6-7,9-12,14-15,18-19,24,26H,1,5,8,13H2,2-3H3/t18-,19+,24+/m1/s1. The minimum atomic E-state index is -0.277. The molecule has 0 amide bonds. The molecule has 0 saturated heterocycles. The third kappa shape index (κ3) is 3.67. The zero-order valence-corrected chi connectivity index (χ0v) is 17.4. The molecule has 2 aromatic carbocycles. The Labute approximate surface area is 177 Å². The normalized spacial score (nSPS) is 21.2. The summed E-state index contributed by atoms with van der Waals surface area (Å²) in [4.78, 5) is 12.2. The average Bonchev–Trinajstić information content (AvgIpc) is 3.27. The van der Waals surface area contributed by atoms with Crippen molar-refractivity contribution in [3.63, 3.8) is 0 Å². The topological polar surface area (TPSA) is 56.8 Å². The van der Waals surface area contributed by atoms with Gasteiger partial charge in [0, 0.05) is 11.6 Å². The van der Waals surface area contributed by atoms with Gasteiger partial charge in [-0.05, 0) is 60.7 Å². The maximum Gasteiger partial charge on any atom is 0.338 e. The van der Waals surface area contributed by atoms with Crippen LogP contribution in [0.2, 0.25) is 0 Å². The molecule has 1 aliphatic carbocycles. The lowest BCUT2D eigenvalue weighted by Gasteiger charge is -2.37. The van der Waals surface area contributed by atoms with Crippen molar-refractivity contribution in [1.29, 1.82) is 0 Å². The van der Waals surface area contributed by atoms with Gasteiger partial charge in [0.05, 0.1) is 25.3 Å². The van der Waals surface area contributed by atoms with E-state index in [1.54, 1.807) is 13.2 Å². The Morgan fingerprint density at radius 1 is 1.23 bits per heavy atom. The molecule has 0 bridgehead atoms. The van der Waals surface area contributed by atoms with Crippen LogP contribution in [0.15, 0.2) is 61.2 Å². The van der Waals surface area contributed by atoms with Gasteiger partial charge in [-0.25, -0.2) is 4.79 Å². The van der Waals surface area contributed by atoms with Crippen LogP contribution >= 0.6 is 0 Å². The smallest absolute Gasteiger partial charge is 0.338 e. The van der Waals surface area contributed by atoms with Crippen LogP contribution in [0.4, 0.5) is 5.69 Å². The number of benzene rings is 2. The Kier molecular flexibility index (Phi) is 5.79. The van der Waals surface area contributed by atoms with Crippen molar-refractivity contribution in [3.05, 3.63) is 77.9 Å². The van der Waals surface area contributed by atoms with E-state index in [1.165, 1.54) is 0 Å². The van der Waals surface area contributed by atoms with Gasteiger partial charge in [-0.15, -0.1) is 0 Å². The number of ether oxygens (including phenoxy) is 3. The summed E-state index contributed by atoms with van der Waals surface area (Å²) in [7, 11) is 1.65. The van der Waals surface area contributed by atoms with Crippen LogP contribution in [0.1, 0.15) is 46.8 Å². The molecule has 1 heterocycles. The van der Waals surface area contributed by atoms with Crippen LogP contribution in [-0.4, -0.2) is 26.3 Å². The summed E-state index contributed by atoms with van der Waals surface area (Å²) in [6.07, 6.45) is 7.18. The number of esters is 1. The van der Waals surface area contributed by atoms with E-state index in [1.807, 2.05) is 37.3 Å². The van der Waals surface area contributed by atoms with Gasteiger partial charge in [0.1, 0.15) is 6.61 Å². The number of allylic oxidation sites excluding steroid dienone is 2. The zero-order chi connectivity index (χ0) is 21.1. The van der Waals surface area contributed by atoms with Gasteiger partial charge in [0.15, 0.2) is 11.5 Å². The molecule has 1 aliphatic heterocycles. The lowest BCUT2D eigenvalue weighted by Crippen LogP contribution is -2.29. The summed E-state index contributed by atoms with van der Waals surface area (Å²) < 4.78 is 16.4. The molecular weight excluding hydrogens is 378 g/mol. The number of hydrogen-bond donors (Lipinski definition) is 1. The summed E-state index contributed by atoms with van der Waals surface area (Å²) in [6.45, 7) is 6.32. The lowest BCUT2D eigenvalue weighted by molar-refractivity contribution is 0.0526. The molecule has 2 aliphatic rings. The molecule has 4 rings (SSSR count). The predicted octanol–water partition coefficient (Wildman–Crippen LogP) is 5.26. The second-order valence-electron chi connectivity index (χ2n) is 7.51. The maximum atomic E-state index is 12.2. The quantitative estimate of drug-likeness (QED) is 0.503. The van der Waals surface area contributed by atoms with Gasteiger partial charge < -0.3 is 19.5 Å². The number of carbonyl (C=O) groups excluding carboxylic acids is 1. The molecule has 0 radical (unpaired) electrons. The van der Waals surface area contributed by atoms with Crippen molar-refractivity contribution in [2.75, 3.05) is 25.6 Å². The molecule has 0 aromatic heterocycles. The fourth-order valence-electron chi connectivity index (χ4n) is 4.41. The average molecular weight is 405 g/mol. The van der Waals surface area contributed by atoms with Crippen molar-refractivity contribution in [3.8, 4) is 11.5 Å². The second kappa shape index (κ2) is 8.66. The van der Waals surface area contributed by atoms with Crippen LogP contribution in [0, 0.1) is 5.92 Å². The predicted molar refractivity (Wildman–Crippen MR) is 117 cm³/mol. The van der Waals surface area contributed by atoms with Crippen molar-refractivity contribution >= 4 is 11.7 Å². The Morgan fingerprint density at radius 2 is 2.10 bits per heavy atom. The van der Waals surface area contributed by atoms with Gasteiger partial charge in [-0.2, -0.15) is 0 Å². The van der Waals surface area contributed by atoms with E-state index in [4.69, 9.17) is 14.2 Å². The monoisotopic (exact) mass is 405 g/mol. The van der Waals surface area contributed by atoms with E-state index in [-0.39, 0.29) is 17.9 Å². The summed E-state index contributed by atoms with van der Waals surface area (Å²) >= 11 is 0. The highest BCUT2D eigenvalue weighted by Gasteiger charge is 2.38. The van der Waals surface area contributed by atoms with Crippen molar-refractivity contribution < 1.29 is 19.0 Å². The number of rotatable bonds is 7. The van der Waals surface area contributed by atoms with Crippen LogP contribution in [0.5, 0.6) is 11.5 Å². The summed E-state index contributed by atoms with van der Waals surface area (Å²) in [5.74, 6) is 1.75. The van der Waals surface area contributed by atoms with E-state index in [0.717, 1.165) is 23.2 Å². The first kappa shape index (κ1) is 20.1. The molecule has 5 heteroatoms. The molecule has 1 N–H and O–H groups in total. The molecule has 0 spiro atoms. The number of carbonyl (C=O) groups is 1. The Balaban J connectivity index is 1.66. The number of nitrogens with one attached hydrogen (secondary N) is 1. The highest BCUT2D eigenvalue weighted by atomic mass is 16.5. The largest absolute Gasteiger partial charge is 0.493 e. The fourth-order valence-corrected chi connectivity index (χ4v) is 4.41. The first-order valence-corrected chi connectivity index (χ1v) is 10.3. The molecule has 30 heavy (non-hydrogen) atoms. The Hall–Kier alpha value is -3.21. The Morgan fingerprint density at radius 3 is 2.87 bits per heavy atom. The first-order chi connectivity index (χ1) is 14.7. The van der Waals surface area contributed by atoms with Crippen LogP contribution in [-0.2, 0) is 4.74 Å². The molecule has 0 saturated carbocycles. The number of fused-ring (bicyclic) bond motifs is 3. The molecule has 2 aromatic rings. The molecular formula is C25H27NO4. The van der Waals surface area contributed by atoms with E-state index >= 15 is 0 Å². The van der Waals surface area contributed by atoms with Crippen molar-refractivity contribution in [1.82, 2.24) is 0 Å². The summed E-state index contributed by atoms with van der Waals surface area (Å²) in [5.41, 5.74) is 3.94. The van der Waals surface area contributed by atoms with E-state index in [2.05, 4.69) is 30.1 Å². The van der Waals surface area contributed by atoms with Gasteiger partial charge in [0.25, 0.3) is 0 Å². The molecule has 156 valence electrons. The number of anilines is 1. The Bertz CT molecular complexity index is 981. The van der Waals surface area contributed by atoms with Gasteiger partial charge in [0.2, 0.25) is 0 Å². The molecule has 5 nitrogen and oxygen atoms in total. The molecule has 3 atom stereocenters. The minimum absolute atomic E-state index is 0.133. The van der Waals surface area contributed by atoms with Crippen LogP contribution in [0.25, 0.3) is 0 Å².